The summed E-state index contributed by atoms with van der Waals surface area (Å²) >= 11 is 9.89. The summed E-state index contributed by atoms with van der Waals surface area (Å²) in [5.74, 6) is 0.684. The molecule has 3 N–H and O–H groups in total. The van der Waals surface area contributed by atoms with E-state index >= 15 is 0 Å². The molecule has 0 bridgehead atoms. The van der Waals surface area contributed by atoms with Gasteiger partial charge in [0.25, 0.3) is 5.91 Å². The summed E-state index contributed by atoms with van der Waals surface area (Å²) in [6, 6.07) is 40.9. The topological polar surface area (TPSA) is 92.2 Å². The molecule has 0 aliphatic carbocycles. The van der Waals surface area contributed by atoms with Gasteiger partial charge in [-0.15, -0.1) is 0 Å². The van der Waals surface area contributed by atoms with Crippen LogP contribution in [0.3, 0.4) is 0 Å². The van der Waals surface area contributed by atoms with Crippen LogP contribution in [0.15, 0.2) is 137 Å². The Labute approximate surface area is 293 Å². The lowest BCUT2D eigenvalue weighted by molar-refractivity contribution is -0.130. The number of nitrogens with zero attached hydrogens (tertiary/aromatic N) is 1. The zero-order chi connectivity index (χ0) is 33.3. The molecule has 1 heterocycles. The Balaban J connectivity index is 1.38. The van der Waals surface area contributed by atoms with Crippen LogP contribution in [0, 0.1) is 0 Å². The van der Waals surface area contributed by atoms with E-state index in [0.29, 0.717) is 41.8 Å². The van der Waals surface area contributed by atoms with Gasteiger partial charge in [0.05, 0.1) is 6.61 Å². The van der Waals surface area contributed by atoms with Crippen molar-refractivity contribution in [3.05, 3.63) is 159 Å². The third-order valence-electron chi connectivity index (χ3n) is 8.15. The number of benzene rings is 5. The summed E-state index contributed by atoms with van der Waals surface area (Å²) < 4.78 is 13.3. The van der Waals surface area contributed by atoms with Gasteiger partial charge in [0, 0.05) is 41.1 Å². The lowest BCUT2D eigenvalue weighted by atomic mass is 9.82. The van der Waals surface area contributed by atoms with Crippen LogP contribution in [0.5, 0.6) is 5.75 Å². The van der Waals surface area contributed by atoms with Gasteiger partial charge in [-0.3, -0.25) is 10.2 Å². The standard InChI is InChI=1S/C39H35BrClN3O4/c40-35-13-5-4-11-32(35)25-39(38(46)44-42-26-27-8-6-12-33(41)24-27)36(30-16-14-29(15-17-30)28-9-2-1-3-10-28)48-37(43-39)31-18-20-34(21-19-31)47-23-7-22-45/h1-6,8-21,24,36,42,45H,7,22-23,25-26H2,(H,44,46)/t36-,39-/m0/s1. The Morgan fingerprint density at radius 3 is 2.31 bits per heavy atom. The van der Waals surface area contributed by atoms with Gasteiger partial charge in [-0.1, -0.05) is 112 Å². The molecule has 0 radical (unpaired) electrons. The highest BCUT2D eigenvalue weighted by atomic mass is 79.9. The second kappa shape index (κ2) is 15.6. The molecule has 2 atom stereocenters. The van der Waals surface area contributed by atoms with E-state index in [9.17, 15) is 4.79 Å². The smallest absolute Gasteiger partial charge is 0.266 e. The first-order chi connectivity index (χ1) is 23.4. The van der Waals surface area contributed by atoms with Gasteiger partial charge in [0.2, 0.25) is 5.90 Å². The Hall–Kier alpha value is -4.47. The molecule has 1 aliphatic heterocycles. The molecule has 0 saturated heterocycles. The number of carbonyl (C=O) groups excluding carboxylic acids is 1. The van der Waals surface area contributed by atoms with Crippen molar-refractivity contribution in [2.75, 3.05) is 13.2 Å². The first-order valence-electron chi connectivity index (χ1n) is 15.7. The fraction of sp³-hybridized carbons (Fsp3) is 0.179. The van der Waals surface area contributed by atoms with Crippen molar-refractivity contribution >= 4 is 39.3 Å². The average molecular weight is 725 g/mol. The van der Waals surface area contributed by atoms with Gasteiger partial charge in [0.15, 0.2) is 11.6 Å². The maximum Gasteiger partial charge on any atom is 0.266 e. The second-order valence-corrected chi connectivity index (χ2v) is 12.8. The lowest BCUT2D eigenvalue weighted by Crippen LogP contribution is -2.53. The van der Waals surface area contributed by atoms with Crippen molar-refractivity contribution in [3.8, 4) is 16.9 Å². The summed E-state index contributed by atoms with van der Waals surface area (Å²) in [6.07, 6.45) is 0.0500. The van der Waals surface area contributed by atoms with Gasteiger partial charge in [-0.2, -0.15) is 0 Å². The fourth-order valence-electron chi connectivity index (χ4n) is 5.68. The maximum absolute atomic E-state index is 14.5. The van der Waals surface area contributed by atoms with E-state index in [1.807, 2.05) is 115 Å². The minimum Gasteiger partial charge on any atom is -0.494 e. The van der Waals surface area contributed by atoms with Gasteiger partial charge < -0.3 is 14.6 Å². The molecule has 0 aromatic heterocycles. The molecule has 5 aromatic rings. The van der Waals surface area contributed by atoms with E-state index in [2.05, 4.69) is 38.9 Å². The summed E-state index contributed by atoms with van der Waals surface area (Å²) in [4.78, 5) is 19.7. The van der Waals surface area contributed by atoms with E-state index < -0.39 is 11.6 Å². The van der Waals surface area contributed by atoms with Gasteiger partial charge in [-0.25, -0.2) is 10.4 Å². The zero-order valence-electron chi connectivity index (χ0n) is 26.1. The number of halogens is 2. The molecule has 1 amide bonds. The Morgan fingerprint density at radius 2 is 1.58 bits per heavy atom. The first kappa shape index (κ1) is 33.4. The summed E-state index contributed by atoms with van der Waals surface area (Å²) in [6.45, 7) is 0.834. The van der Waals surface area contributed by atoms with Gasteiger partial charge in [-0.05, 0) is 70.3 Å². The van der Waals surface area contributed by atoms with E-state index in [1.165, 1.54) is 0 Å². The minimum absolute atomic E-state index is 0.0616. The molecule has 9 heteroatoms. The number of aliphatic imine (C=N–C) groups is 1. The Kier molecular flexibility index (Phi) is 10.9. The van der Waals surface area contributed by atoms with E-state index in [0.717, 1.165) is 32.3 Å². The lowest BCUT2D eigenvalue weighted by Gasteiger charge is -2.31. The molecule has 1 aliphatic rings. The van der Waals surface area contributed by atoms with Crippen LogP contribution in [0.25, 0.3) is 11.1 Å². The summed E-state index contributed by atoms with van der Waals surface area (Å²) in [7, 11) is 0. The van der Waals surface area contributed by atoms with Crippen molar-refractivity contribution in [1.29, 1.82) is 0 Å². The number of amides is 1. The molecular formula is C39H35BrClN3O4. The Morgan fingerprint density at radius 1 is 0.875 bits per heavy atom. The van der Waals surface area contributed by atoms with Crippen LogP contribution in [-0.2, 0) is 22.5 Å². The van der Waals surface area contributed by atoms with E-state index in [4.69, 9.17) is 31.2 Å². The molecular weight excluding hydrogens is 690 g/mol. The predicted molar refractivity (Wildman–Crippen MR) is 193 cm³/mol. The van der Waals surface area contributed by atoms with Crippen LogP contribution in [0.2, 0.25) is 5.02 Å². The first-order valence-corrected chi connectivity index (χ1v) is 16.9. The molecule has 5 aromatic carbocycles. The SMILES string of the molecule is O=C(NNCc1cccc(Cl)c1)[C@@]1(Cc2ccccc2Br)N=C(c2ccc(OCCCO)cc2)O[C@H]1c1ccc(-c2ccccc2)cc1. The third kappa shape index (κ3) is 7.80. The highest BCUT2D eigenvalue weighted by Crippen LogP contribution is 2.43. The van der Waals surface area contributed by atoms with Crippen LogP contribution >= 0.6 is 27.5 Å². The van der Waals surface area contributed by atoms with Crippen molar-refractivity contribution in [1.82, 2.24) is 10.9 Å². The minimum atomic E-state index is -1.38. The highest BCUT2D eigenvalue weighted by Gasteiger charge is 2.53. The number of rotatable bonds is 13. The predicted octanol–water partition coefficient (Wildman–Crippen LogP) is 7.85. The number of hydrazine groups is 1. The normalized spacial score (nSPS) is 17.0. The number of aliphatic hydroxyl groups excluding tert-OH is 1. The molecule has 0 unspecified atom stereocenters. The second-order valence-electron chi connectivity index (χ2n) is 11.5. The van der Waals surface area contributed by atoms with Crippen LogP contribution in [0.4, 0.5) is 0 Å². The largest absolute Gasteiger partial charge is 0.494 e. The highest BCUT2D eigenvalue weighted by molar-refractivity contribution is 9.10. The van der Waals surface area contributed by atoms with Crippen LogP contribution in [0.1, 0.15) is 34.8 Å². The maximum atomic E-state index is 14.5. The van der Waals surface area contributed by atoms with Gasteiger partial charge >= 0.3 is 0 Å². The summed E-state index contributed by atoms with van der Waals surface area (Å²) in [5.41, 5.74) is 10.2. The van der Waals surface area contributed by atoms with Crippen molar-refractivity contribution in [3.63, 3.8) is 0 Å². The fourth-order valence-corrected chi connectivity index (χ4v) is 6.31. The van der Waals surface area contributed by atoms with Crippen LogP contribution in [-0.4, -0.2) is 35.7 Å². The number of carbonyl (C=O) groups is 1. The number of hydrogen-bond acceptors (Lipinski definition) is 6. The molecule has 0 fully saturated rings. The van der Waals surface area contributed by atoms with Crippen molar-refractivity contribution in [2.45, 2.75) is 31.0 Å². The van der Waals surface area contributed by atoms with Crippen molar-refractivity contribution < 1.29 is 19.4 Å². The molecule has 244 valence electrons. The van der Waals surface area contributed by atoms with E-state index in [1.54, 1.807) is 0 Å². The zero-order valence-corrected chi connectivity index (χ0v) is 28.5. The monoisotopic (exact) mass is 723 g/mol. The molecule has 48 heavy (non-hydrogen) atoms. The summed E-state index contributed by atoms with van der Waals surface area (Å²) in [5, 5.41) is 9.72. The third-order valence-corrected chi connectivity index (χ3v) is 9.16. The Bertz CT molecular complexity index is 1870. The number of ether oxygens (including phenoxy) is 2. The number of nitrogens with one attached hydrogen (secondary N) is 2. The number of aliphatic hydroxyl groups is 1. The molecule has 7 nitrogen and oxygen atoms in total. The molecule has 0 spiro atoms. The van der Waals surface area contributed by atoms with Gasteiger partial charge in [0.1, 0.15) is 5.75 Å². The molecule has 0 saturated carbocycles. The number of hydrogen-bond donors (Lipinski definition) is 3. The quantitative estimate of drug-likeness (QED) is 0.0850. The van der Waals surface area contributed by atoms with E-state index in [-0.39, 0.29) is 18.9 Å². The van der Waals surface area contributed by atoms with Crippen LogP contribution < -0.4 is 15.6 Å². The average Bonchev–Trinajstić information content (AvgIpc) is 3.50. The van der Waals surface area contributed by atoms with Crippen molar-refractivity contribution in [2.24, 2.45) is 4.99 Å². The molecule has 6 rings (SSSR count).